The SMILES string of the molecule is Cc1nc(C2CCCC2)sc1C(=O)NCCCC(C)(C)CO. The zero-order valence-corrected chi connectivity index (χ0v) is 14.8. The van der Waals surface area contributed by atoms with Crippen molar-refractivity contribution in [1.82, 2.24) is 10.3 Å². The van der Waals surface area contributed by atoms with E-state index in [9.17, 15) is 9.90 Å². The Hall–Kier alpha value is -0.940. The lowest BCUT2D eigenvalue weighted by Gasteiger charge is -2.21. The van der Waals surface area contributed by atoms with Crippen LogP contribution in [0.5, 0.6) is 0 Å². The van der Waals surface area contributed by atoms with Gasteiger partial charge >= 0.3 is 0 Å². The molecule has 0 aliphatic heterocycles. The van der Waals surface area contributed by atoms with Crippen molar-refractivity contribution >= 4 is 17.2 Å². The fraction of sp³-hybridized carbons (Fsp3) is 0.765. The van der Waals surface area contributed by atoms with E-state index in [0.717, 1.165) is 28.4 Å². The maximum absolute atomic E-state index is 12.3. The van der Waals surface area contributed by atoms with Crippen LogP contribution in [0.25, 0.3) is 0 Å². The van der Waals surface area contributed by atoms with E-state index in [2.05, 4.69) is 10.3 Å². The number of carbonyl (C=O) groups excluding carboxylic acids is 1. The fourth-order valence-corrected chi connectivity index (χ4v) is 4.06. The fourth-order valence-electron chi connectivity index (χ4n) is 2.90. The van der Waals surface area contributed by atoms with Gasteiger partial charge in [-0.25, -0.2) is 4.98 Å². The largest absolute Gasteiger partial charge is 0.396 e. The molecule has 1 heterocycles. The van der Waals surface area contributed by atoms with Crippen LogP contribution >= 0.6 is 11.3 Å². The number of nitrogens with zero attached hydrogens (tertiary/aromatic N) is 1. The number of nitrogens with one attached hydrogen (secondary N) is 1. The summed E-state index contributed by atoms with van der Waals surface area (Å²) in [7, 11) is 0. The summed E-state index contributed by atoms with van der Waals surface area (Å²) in [4.78, 5) is 17.7. The van der Waals surface area contributed by atoms with Crippen LogP contribution < -0.4 is 5.32 Å². The molecule has 0 saturated heterocycles. The molecule has 4 nitrogen and oxygen atoms in total. The normalized spacial score (nSPS) is 16.2. The molecule has 0 spiro atoms. The van der Waals surface area contributed by atoms with E-state index in [1.807, 2.05) is 20.8 Å². The van der Waals surface area contributed by atoms with Gasteiger partial charge in [-0.15, -0.1) is 11.3 Å². The second-order valence-electron chi connectivity index (χ2n) is 7.13. The van der Waals surface area contributed by atoms with E-state index in [1.165, 1.54) is 25.7 Å². The molecule has 124 valence electrons. The smallest absolute Gasteiger partial charge is 0.263 e. The molecule has 2 N–H and O–H groups in total. The van der Waals surface area contributed by atoms with E-state index in [4.69, 9.17) is 0 Å². The van der Waals surface area contributed by atoms with Gasteiger partial charge in [0, 0.05) is 19.1 Å². The minimum Gasteiger partial charge on any atom is -0.396 e. The summed E-state index contributed by atoms with van der Waals surface area (Å²) >= 11 is 1.57. The predicted molar refractivity (Wildman–Crippen MR) is 90.5 cm³/mol. The highest BCUT2D eigenvalue weighted by atomic mass is 32.1. The number of aliphatic hydroxyl groups is 1. The Labute approximate surface area is 137 Å². The summed E-state index contributed by atoms with van der Waals surface area (Å²) in [5.74, 6) is 0.566. The van der Waals surface area contributed by atoms with Crippen LogP contribution in [0.15, 0.2) is 0 Å². The molecule has 1 aliphatic carbocycles. The maximum Gasteiger partial charge on any atom is 0.263 e. The molecule has 0 aromatic carbocycles. The molecule has 1 saturated carbocycles. The molecule has 1 fully saturated rings. The van der Waals surface area contributed by atoms with Crippen LogP contribution in [-0.2, 0) is 0 Å². The first-order valence-electron chi connectivity index (χ1n) is 8.29. The van der Waals surface area contributed by atoms with Crippen molar-refractivity contribution in [2.75, 3.05) is 13.2 Å². The highest BCUT2D eigenvalue weighted by Crippen LogP contribution is 2.37. The second kappa shape index (κ2) is 7.55. The highest BCUT2D eigenvalue weighted by molar-refractivity contribution is 7.13. The van der Waals surface area contributed by atoms with Gasteiger partial charge < -0.3 is 10.4 Å². The van der Waals surface area contributed by atoms with Crippen LogP contribution in [0.1, 0.15) is 78.7 Å². The van der Waals surface area contributed by atoms with E-state index >= 15 is 0 Å². The molecule has 0 bridgehead atoms. The molecular formula is C17H28N2O2S. The van der Waals surface area contributed by atoms with Crippen molar-refractivity contribution in [3.63, 3.8) is 0 Å². The van der Waals surface area contributed by atoms with Gasteiger partial charge in [-0.1, -0.05) is 26.7 Å². The van der Waals surface area contributed by atoms with Gasteiger partial charge in [0.15, 0.2) is 0 Å². The van der Waals surface area contributed by atoms with Gasteiger partial charge in [-0.3, -0.25) is 4.79 Å². The van der Waals surface area contributed by atoms with E-state index in [0.29, 0.717) is 12.5 Å². The first-order chi connectivity index (χ1) is 10.4. The van der Waals surface area contributed by atoms with Gasteiger partial charge in [0.1, 0.15) is 4.88 Å². The lowest BCUT2D eigenvalue weighted by atomic mass is 9.89. The van der Waals surface area contributed by atoms with Gasteiger partial charge in [-0.05, 0) is 38.0 Å². The number of thiazole rings is 1. The van der Waals surface area contributed by atoms with Crippen molar-refractivity contribution < 1.29 is 9.90 Å². The summed E-state index contributed by atoms with van der Waals surface area (Å²) < 4.78 is 0. The van der Waals surface area contributed by atoms with E-state index < -0.39 is 0 Å². The third-order valence-electron chi connectivity index (χ3n) is 4.47. The molecule has 0 radical (unpaired) electrons. The van der Waals surface area contributed by atoms with Gasteiger partial charge in [0.25, 0.3) is 5.91 Å². The molecule has 2 rings (SSSR count). The molecule has 1 aliphatic rings. The number of rotatable bonds is 7. The summed E-state index contributed by atoms with van der Waals surface area (Å²) in [5.41, 5.74) is 0.793. The third-order valence-corrected chi connectivity index (χ3v) is 5.79. The number of hydrogen-bond donors (Lipinski definition) is 2. The Morgan fingerprint density at radius 3 is 2.73 bits per heavy atom. The predicted octanol–water partition coefficient (Wildman–Crippen LogP) is 3.64. The molecular weight excluding hydrogens is 296 g/mol. The van der Waals surface area contributed by atoms with Crippen molar-refractivity contribution in [3.8, 4) is 0 Å². The minimum absolute atomic E-state index is 0.000974. The van der Waals surface area contributed by atoms with Gasteiger partial charge in [0.2, 0.25) is 0 Å². The summed E-state index contributed by atoms with van der Waals surface area (Å²) in [5, 5.41) is 13.4. The van der Waals surface area contributed by atoms with Gasteiger partial charge in [0.05, 0.1) is 10.7 Å². The first kappa shape index (κ1) is 17.4. The van der Waals surface area contributed by atoms with Crippen LogP contribution in [0, 0.1) is 12.3 Å². The lowest BCUT2D eigenvalue weighted by Crippen LogP contribution is -2.26. The number of aryl methyl sites for hydroxylation is 1. The molecule has 1 amide bonds. The average molecular weight is 324 g/mol. The first-order valence-corrected chi connectivity index (χ1v) is 9.11. The van der Waals surface area contributed by atoms with Crippen LogP contribution in [0.2, 0.25) is 0 Å². The topological polar surface area (TPSA) is 62.2 Å². The van der Waals surface area contributed by atoms with Crippen LogP contribution in [0.4, 0.5) is 0 Å². The highest BCUT2D eigenvalue weighted by Gasteiger charge is 2.23. The van der Waals surface area contributed by atoms with Crippen molar-refractivity contribution in [3.05, 3.63) is 15.6 Å². The van der Waals surface area contributed by atoms with E-state index in [1.54, 1.807) is 11.3 Å². The number of hydrogen-bond acceptors (Lipinski definition) is 4. The number of carbonyl (C=O) groups is 1. The number of aliphatic hydroxyl groups excluding tert-OH is 1. The van der Waals surface area contributed by atoms with Crippen molar-refractivity contribution in [2.45, 2.75) is 65.2 Å². The molecule has 5 heteroatoms. The Bertz CT molecular complexity index is 505. The lowest BCUT2D eigenvalue weighted by molar-refractivity contribution is 0.0952. The maximum atomic E-state index is 12.3. The van der Waals surface area contributed by atoms with Crippen molar-refractivity contribution in [2.24, 2.45) is 5.41 Å². The average Bonchev–Trinajstić information content (AvgIpc) is 3.12. The Balaban J connectivity index is 1.84. The zero-order valence-electron chi connectivity index (χ0n) is 13.9. The van der Waals surface area contributed by atoms with Crippen LogP contribution in [-0.4, -0.2) is 29.1 Å². The number of aromatic nitrogens is 1. The zero-order chi connectivity index (χ0) is 16.2. The minimum atomic E-state index is -0.0687. The Morgan fingerprint density at radius 1 is 1.41 bits per heavy atom. The van der Waals surface area contributed by atoms with E-state index in [-0.39, 0.29) is 17.9 Å². The third kappa shape index (κ3) is 4.53. The standard InChI is InChI=1S/C17H28N2O2S/c1-12-14(22-16(19-12)13-7-4-5-8-13)15(21)18-10-6-9-17(2,3)11-20/h13,20H,4-11H2,1-3H3,(H,18,21). The summed E-state index contributed by atoms with van der Waals surface area (Å²) in [6.45, 7) is 6.84. The molecule has 1 aromatic heterocycles. The molecule has 0 unspecified atom stereocenters. The molecule has 22 heavy (non-hydrogen) atoms. The summed E-state index contributed by atoms with van der Waals surface area (Å²) in [6, 6.07) is 0. The molecule has 0 atom stereocenters. The van der Waals surface area contributed by atoms with Crippen molar-refractivity contribution in [1.29, 1.82) is 0 Å². The number of amides is 1. The quantitative estimate of drug-likeness (QED) is 0.753. The summed E-state index contributed by atoms with van der Waals surface area (Å²) in [6.07, 6.45) is 6.77. The Morgan fingerprint density at radius 2 is 2.09 bits per heavy atom. The molecule has 1 aromatic rings. The monoisotopic (exact) mass is 324 g/mol. The van der Waals surface area contributed by atoms with Crippen LogP contribution in [0.3, 0.4) is 0 Å². The Kier molecular flexibility index (Phi) is 5.98. The second-order valence-corrected chi connectivity index (χ2v) is 8.16. The van der Waals surface area contributed by atoms with Gasteiger partial charge in [-0.2, -0.15) is 0 Å².